The van der Waals surface area contributed by atoms with Gasteiger partial charge in [0.05, 0.1) is 18.6 Å². The van der Waals surface area contributed by atoms with Crippen LogP contribution in [-0.2, 0) is 4.74 Å². The molecule has 0 unspecified atom stereocenters. The molecule has 0 aromatic carbocycles. The molecule has 0 fully saturated rings. The minimum Gasteiger partial charge on any atom is -0.374 e. The van der Waals surface area contributed by atoms with Gasteiger partial charge in [-0.1, -0.05) is 15.9 Å². The molecule has 0 atom stereocenters. The zero-order valence-corrected chi connectivity index (χ0v) is 8.63. The fourth-order valence-electron chi connectivity index (χ4n) is 0.482. The molecule has 0 amide bonds. The van der Waals surface area contributed by atoms with E-state index in [2.05, 4.69) is 15.9 Å². The van der Waals surface area contributed by atoms with E-state index in [9.17, 15) is 13.2 Å². The number of rotatable bonds is 4. The Morgan fingerprint density at radius 2 is 1.75 bits per heavy atom. The summed E-state index contributed by atoms with van der Waals surface area (Å²) >= 11 is 3.15. The average Bonchev–Trinajstić information content (AvgIpc) is 1.84. The van der Waals surface area contributed by atoms with Crippen molar-refractivity contribution in [1.29, 1.82) is 0 Å². The van der Waals surface area contributed by atoms with E-state index in [-0.39, 0.29) is 6.61 Å². The number of alkyl halides is 4. The minimum atomic E-state index is -4.12. The predicted molar refractivity (Wildman–Crippen MR) is 44.5 cm³/mol. The maximum atomic E-state index is 11.6. The highest BCUT2D eigenvalue weighted by Gasteiger charge is 2.28. The van der Waals surface area contributed by atoms with Gasteiger partial charge in [0.1, 0.15) is 0 Å². The number of ether oxygens (including phenoxy) is 1. The van der Waals surface area contributed by atoms with Crippen molar-refractivity contribution in [3.63, 3.8) is 0 Å². The molecule has 0 spiro atoms. The second kappa shape index (κ2) is 4.46. The van der Waals surface area contributed by atoms with Gasteiger partial charge in [-0.15, -0.1) is 0 Å². The fraction of sp³-hybridized carbons (Fsp3) is 1.00. The molecule has 5 heteroatoms. The van der Waals surface area contributed by atoms with Crippen LogP contribution in [0, 0.1) is 0 Å². The van der Waals surface area contributed by atoms with Crippen LogP contribution in [0.2, 0.25) is 0 Å². The summed E-state index contributed by atoms with van der Waals surface area (Å²) in [5.41, 5.74) is -0.523. The van der Waals surface area contributed by atoms with E-state index in [1.807, 2.05) is 0 Å². The van der Waals surface area contributed by atoms with Crippen LogP contribution in [0.3, 0.4) is 0 Å². The lowest BCUT2D eigenvalue weighted by Gasteiger charge is -2.22. The van der Waals surface area contributed by atoms with E-state index in [4.69, 9.17) is 4.74 Å². The van der Waals surface area contributed by atoms with E-state index in [1.165, 1.54) is 0 Å². The Hall–Kier alpha value is 0.230. The molecule has 0 aliphatic rings. The van der Waals surface area contributed by atoms with Crippen molar-refractivity contribution in [2.24, 2.45) is 0 Å². The third-order valence-electron chi connectivity index (χ3n) is 1.20. The van der Waals surface area contributed by atoms with E-state index in [1.54, 1.807) is 13.8 Å². The van der Waals surface area contributed by atoms with Crippen LogP contribution < -0.4 is 0 Å². The van der Waals surface area contributed by atoms with E-state index < -0.39 is 18.2 Å². The van der Waals surface area contributed by atoms with Crippen molar-refractivity contribution < 1.29 is 17.9 Å². The second-order valence-corrected chi connectivity index (χ2v) is 3.67. The van der Waals surface area contributed by atoms with Crippen molar-refractivity contribution in [2.75, 3.05) is 11.9 Å². The van der Waals surface area contributed by atoms with Crippen LogP contribution in [0.5, 0.6) is 0 Å². The van der Waals surface area contributed by atoms with Crippen LogP contribution in [0.25, 0.3) is 0 Å². The highest BCUT2D eigenvalue weighted by molar-refractivity contribution is 9.09. The van der Waals surface area contributed by atoms with Gasteiger partial charge < -0.3 is 4.74 Å². The first-order valence-electron chi connectivity index (χ1n) is 3.53. The van der Waals surface area contributed by atoms with Crippen molar-refractivity contribution >= 4 is 15.9 Å². The molecule has 0 radical (unpaired) electrons. The van der Waals surface area contributed by atoms with Gasteiger partial charge in [-0.3, -0.25) is 0 Å². The summed E-state index contributed by atoms with van der Waals surface area (Å²) in [4.78, 5) is 0. The topological polar surface area (TPSA) is 9.23 Å². The van der Waals surface area contributed by atoms with E-state index >= 15 is 0 Å². The molecule has 0 aliphatic heterocycles. The van der Waals surface area contributed by atoms with Gasteiger partial charge in [0.15, 0.2) is 0 Å². The second-order valence-electron chi connectivity index (χ2n) is 3.11. The van der Waals surface area contributed by atoms with Gasteiger partial charge in [-0.05, 0) is 13.8 Å². The maximum Gasteiger partial charge on any atom is 0.391 e. The Kier molecular flexibility index (Phi) is 4.55. The van der Waals surface area contributed by atoms with Crippen molar-refractivity contribution in [1.82, 2.24) is 0 Å². The Bertz CT molecular complexity index is 133. The molecule has 74 valence electrons. The Labute approximate surface area is 78.4 Å². The summed E-state index contributed by atoms with van der Waals surface area (Å²) < 4.78 is 39.9. The molecular weight excluding hydrogens is 237 g/mol. The lowest BCUT2D eigenvalue weighted by atomic mass is 10.2. The van der Waals surface area contributed by atoms with Gasteiger partial charge in [-0.2, -0.15) is 13.2 Å². The summed E-state index contributed by atoms with van der Waals surface area (Å²) in [6.45, 7) is 3.19. The fourth-order valence-corrected chi connectivity index (χ4v) is 0.643. The van der Waals surface area contributed by atoms with Gasteiger partial charge in [0.25, 0.3) is 0 Å². The molecule has 0 bridgehead atoms. The summed E-state index contributed by atoms with van der Waals surface area (Å²) in [5, 5.41) is 0.526. The molecule has 1 nitrogen and oxygen atoms in total. The van der Waals surface area contributed by atoms with Crippen LogP contribution >= 0.6 is 15.9 Å². The first kappa shape index (κ1) is 12.2. The Morgan fingerprint density at radius 1 is 1.25 bits per heavy atom. The Balaban J connectivity index is 3.57. The summed E-state index contributed by atoms with van der Waals surface area (Å²) in [5.74, 6) is 0. The van der Waals surface area contributed by atoms with Crippen LogP contribution in [-0.4, -0.2) is 23.7 Å². The molecule has 0 heterocycles. The molecule has 0 saturated heterocycles. The highest BCUT2D eigenvalue weighted by Crippen LogP contribution is 2.21. The normalized spacial score (nSPS) is 13.5. The lowest BCUT2D eigenvalue weighted by molar-refractivity contribution is -0.153. The zero-order chi connectivity index (χ0) is 9.83. The van der Waals surface area contributed by atoms with E-state index in [0.29, 0.717) is 5.33 Å². The predicted octanol–water partition coefficient (Wildman–Crippen LogP) is 3.13. The van der Waals surface area contributed by atoms with E-state index in [0.717, 1.165) is 0 Å². The molecule has 0 rings (SSSR count). The monoisotopic (exact) mass is 248 g/mol. The Morgan fingerprint density at radius 3 is 2.08 bits per heavy atom. The first-order chi connectivity index (χ1) is 5.27. The minimum absolute atomic E-state index is 0.276. The van der Waals surface area contributed by atoms with Crippen molar-refractivity contribution in [3.05, 3.63) is 0 Å². The molecule has 0 N–H and O–H groups in total. The summed E-state index contributed by atoms with van der Waals surface area (Å²) in [6.07, 6.45) is -5.01. The largest absolute Gasteiger partial charge is 0.391 e. The first-order valence-corrected chi connectivity index (χ1v) is 4.66. The highest BCUT2D eigenvalue weighted by atomic mass is 79.9. The quantitative estimate of drug-likeness (QED) is 0.695. The standard InChI is InChI=1S/C7H12BrF3O/c1-6(2,5-8)12-4-3-7(9,10)11/h3-5H2,1-2H3. The molecule has 0 aromatic heterocycles. The third kappa shape index (κ3) is 6.91. The number of hydrogen-bond acceptors (Lipinski definition) is 1. The third-order valence-corrected chi connectivity index (χ3v) is 2.55. The molecule has 12 heavy (non-hydrogen) atoms. The number of hydrogen-bond donors (Lipinski definition) is 0. The zero-order valence-electron chi connectivity index (χ0n) is 7.04. The molecule has 0 aromatic rings. The van der Waals surface area contributed by atoms with Crippen LogP contribution in [0.1, 0.15) is 20.3 Å². The summed E-state index contributed by atoms with van der Waals surface area (Å²) in [7, 11) is 0. The van der Waals surface area contributed by atoms with Crippen molar-refractivity contribution in [2.45, 2.75) is 32.0 Å². The molecule has 0 saturated carbocycles. The maximum absolute atomic E-state index is 11.6. The smallest absolute Gasteiger partial charge is 0.374 e. The average molecular weight is 249 g/mol. The molecule has 0 aliphatic carbocycles. The van der Waals surface area contributed by atoms with Gasteiger partial charge >= 0.3 is 6.18 Å². The SMILES string of the molecule is CC(C)(CBr)OCCC(F)(F)F. The van der Waals surface area contributed by atoms with Crippen LogP contribution in [0.4, 0.5) is 13.2 Å². The molecular formula is C7H12BrF3O. The summed E-state index contributed by atoms with van der Waals surface area (Å²) in [6, 6.07) is 0. The number of halogens is 4. The van der Waals surface area contributed by atoms with Crippen molar-refractivity contribution in [3.8, 4) is 0 Å². The van der Waals surface area contributed by atoms with Gasteiger partial charge in [0.2, 0.25) is 0 Å². The van der Waals surface area contributed by atoms with Gasteiger partial charge in [0, 0.05) is 5.33 Å². The lowest BCUT2D eigenvalue weighted by Crippen LogP contribution is -2.28. The van der Waals surface area contributed by atoms with Crippen LogP contribution in [0.15, 0.2) is 0 Å². The van der Waals surface area contributed by atoms with Gasteiger partial charge in [-0.25, -0.2) is 0 Å².